The molecule has 2 atom stereocenters. The molecule has 130 valence electrons. The van der Waals surface area contributed by atoms with Gasteiger partial charge in [-0.05, 0) is 45.0 Å². The van der Waals surface area contributed by atoms with E-state index in [0.717, 1.165) is 18.7 Å². The van der Waals surface area contributed by atoms with Crippen molar-refractivity contribution in [2.24, 2.45) is 0 Å². The van der Waals surface area contributed by atoms with Crippen LogP contribution in [0, 0.1) is 0 Å². The summed E-state index contributed by atoms with van der Waals surface area (Å²) < 4.78 is 0. The predicted octanol–water partition coefficient (Wildman–Crippen LogP) is 4.46. The van der Waals surface area contributed by atoms with E-state index in [-0.39, 0.29) is 11.3 Å². The number of anilines is 1. The first-order valence-electron chi connectivity index (χ1n) is 9.14. The fourth-order valence-electron chi connectivity index (χ4n) is 3.90. The fraction of sp³-hybridized carbons (Fsp3) is 0.650. The number of hydrogen-bond acceptors (Lipinski definition) is 2. The maximum Gasteiger partial charge on any atom is 0.238 e. The van der Waals surface area contributed by atoms with Crippen molar-refractivity contribution < 1.29 is 4.79 Å². The van der Waals surface area contributed by atoms with Crippen LogP contribution in [-0.2, 0) is 10.2 Å². The van der Waals surface area contributed by atoms with Crippen LogP contribution in [0.5, 0.6) is 0 Å². The summed E-state index contributed by atoms with van der Waals surface area (Å²) in [6.45, 7) is 11.2. The van der Waals surface area contributed by atoms with Gasteiger partial charge >= 0.3 is 0 Å². The van der Waals surface area contributed by atoms with Gasteiger partial charge in [0.05, 0.1) is 5.41 Å². The van der Waals surface area contributed by atoms with Crippen molar-refractivity contribution in [3.05, 3.63) is 29.8 Å². The van der Waals surface area contributed by atoms with E-state index in [1.54, 1.807) is 0 Å². The van der Waals surface area contributed by atoms with Crippen LogP contribution < -0.4 is 4.90 Å². The van der Waals surface area contributed by atoms with Crippen LogP contribution in [0.2, 0.25) is 0 Å². The minimum atomic E-state index is -0.388. The molecule has 0 aliphatic carbocycles. The Morgan fingerprint density at radius 2 is 1.65 bits per heavy atom. The lowest BCUT2D eigenvalue weighted by Crippen LogP contribution is -2.54. The molecule has 0 saturated carbocycles. The van der Waals surface area contributed by atoms with Gasteiger partial charge in [0.2, 0.25) is 5.91 Å². The van der Waals surface area contributed by atoms with Gasteiger partial charge in [-0.1, -0.05) is 52.3 Å². The topological polar surface area (TPSA) is 23.6 Å². The minimum absolute atomic E-state index is 0.243. The molecule has 1 aromatic carbocycles. The van der Waals surface area contributed by atoms with Gasteiger partial charge in [-0.3, -0.25) is 4.79 Å². The summed E-state index contributed by atoms with van der Waals surface area (Å²) in [5.74, 6) is 0.243. The average molecular weight is 319 g/mol. The molecule has 2 aliphatic heterocycles. The van der Waals surface area contributed by atoms with Gasteiger partial charge in [0.1, 0.15) is 0 Å². The predicted molar refractivity (Wildman–Crippen MR) is 100 cm³/mol. The second-order valence-corrected chi connectivity index (χ2v) is 6.08. The Morgan fingerprint density at radius 1 is 1.04 bits per heavy atom. The molecular weight excluding hydrogens is 284 g/mol. The number of fused-ring (bicyclic) bond motifs is 1. The molecule has 1 saturated heterocycles. The fourth-order valence-corrected chi connectivity index (χ4v) is 3.90. The van der Waals surface area contributed by atoms with Gasteiger partial charge in [0.25, 0.3) is 0 Å². The van der Waals surface area contributed by atoms with Gasteiger partial charge in [-0.2, -0.15) is 0 Å². The molecule has 1 aromatic rings. The highest BCUT2D eigenvalue weighted by Gasteiger charge is 2.52. The molecule has 0 N–H and O–H groups in total. The SMILES string of the molecule is CC.CC.CN1C(=O)C(C)(C2CCCCN2C)c2ccccc21. The number of nitrogens with zero attached hydrogens (tertiary/aromatic N) is 2. The molecule has 2 unspecified atom stereocenters. The molecule has 0 radical (unpaired) electrons. The van der Waals surface area contributed by atoms with E-state index in [1.165, 1.54) is 18.4 Å². The lowest BCUT2D eigenvalue weighted by molar-refractivity contribution is -0.125. The van der Waals surface area contributed by atoms with Gasteiger partial charge in [0, 0.05) is 18.8 Å². The van der Waals surface area contributed by atoms with Crippen molar-refractivity contribution in [1.29, 1.82) is 0 Å². The number of para-hydroxylation sites is 1. The lowest BCUT2D eigenvalue weighted by atomic mass is 9.73. The number of benzene rings is 1. The quantitative estimate of drug-likeness (QED) is 0.763. The Labute approximate surface area is 142 Å². The summed E-state index contributed by atoms with van der Waals surface area (Å²) in [7, 11) is 4.05. The lowest BCUT2D eigenvalue weighted by Gasteiger charge is -2.42. The third kappa shape index (κ3) is 3.30. The molecule has 1 fully saturated rings. The molecule has 2 aliphatic rings. The Hall–Kier alpha value is -1.35. The first kappa shape index (κ1) is 19.7. The van der Waals surface area contributed by atoms with Crippen molar-refractivity contribution in [3.8, 4) is 0 Å². The Balaban J connectivity index is 0.000000615. The summed E-state index contributed by atoms with van der Waals surface area (Å²) in [4.78, 5) is 17.0. The van der Waals surface area contributed by atoms with Crippen LogP contribution in [0.25, 0.3) is 0 Å². The van der Waals surface area contributed by atoms with Gasteiger partial charge < -0.3 is 9.80 Å². The maximum absolute atomic E-state index is 12.8. The smallest absolute Gasteiger partial charge is 0.238 e. The van der Waals surface area contributed by atoms with Crippen molar-refractivity contribution in [2.45, 2.75) is 65.3 Å². The Kier molecular flexibility index (Phi) is 7.27. The van der Waals surface area contributed by atoms with Crippen molar-refractivity contribution in [3.63, 3.8) is 0 Å². The van der Waals surface area contributed by atoms with Crippen LogP contribution in [-0.4, -0.2) is 37.5 Å². The van der Waals surface area contributed by atoms with Crippen molar-refractivity contribution in [2.75, 3.05) is 25.5 Å². The van der Waals surface area contributed by atoms with E-state index in [0.29, 0.717) is 6.04 Å². The van der Waals surface area contributed by atoms with E-state index in [2.05, 4.69) is 31.0 Å². The van der Waals surface area contributed by atoms with Gasteiger partial charge in [-0.15, -0.1) is 0 Å². The van der Waals surface area contributed by atoms with Gasteiger partial charge in [0.15, 0.2) is 0 Å². The number of rotatable bonds is 1. The highest BCUT2D eigenvalue weighted by Crippen LogP contribution is 2.46. The van der Waals surface area contributed by atoms with E-state index < -0.39 is 0 Å². The largest absolute Gasteiger partial charge is 0.314 e. The molecule has 2 heterocycles. The van der Waals surface area contributed by atoms with Crippen LogP contribution in [0.3, 0.4) is 0 Å². The number of likely N-dealkylation sites (tertiary alicyclic amines) is 1. The molecule has 23 heavy (non-hydrogen) atoms. The van der Waals surface area contributed by atoms with E-state index in [9.17, 15) is 4.79 Å². The van der Waals surface area contributed by atoms with Crippen molar-refractivity contribution >= 4 is 11.6 Å². The zero-order valence-electron chi connectivity index (χ0n) is 16.0. The van der Waals surface area contributed by atoms with Crippen LogP contribution in [0.15, 0.2) is 24.3 Å². The Morgan fingerprint density at radius 3 is 2.26 bits per heavy atom. The highest BCUT2D eigenvalue weighted by molar-refractivity contribution is 6.08. The molecule has 0 aromatic heterocycles. The second-order valence-electron chi connectivity index (χ2n) is 6.08. The van der Waals surface area contributed by atoms with Crippen LogP contribution in [0.4, 0.5) is 5.69 Å². The summed E-state index contributed by atoms with van der Waals surface area (Å²) >= 11 is 0. The molecule has 3 rings (SSSR count). The second kappa shape index (κ2) is 8.49. The normalized spacial score (nSPS) is 26.7. The average Bonchev–Trinajstić information content (AvgIpc) is 2.82. The first-order valence-corrected chi connectivity index (χ1v) is 9.14. The number of hydrogen-bond donors (Lipinski definition) is 0. The van der Waals surface area contributed by atoms with Gasteiger partial charge in [-0.25, -0.2) is 0 Å². The van der Waals surface area contributed by atoms with Crippen molar-refractivity contribution in [1.82, 2.24) is 4.90 Å². The van der Waals surface area contributed by atoms with Crippen LogP contribution >= 0.6 is 0 Å². The number of amides is 1. The monoisotopic (exact) mass is 318 g/mol. The first-order chi connectivity index (χ1) is 11.1. The summed E-state index contributed by atoms with van der Waals surface area (Å²) in [5, 5.41) is 0. The summed E-state index contributed by atoms with van der Waals surface area (Å²) in [6, 6.07) is 8.56. The Bertz CT molecular complexity index is 514. The third-order valence-electron chi connectivity index (χ3n) is 5.01. The standard InChI is InChI=1S/C16H22N2O.2C2H6/c1-16(14-10-6-7-11-17(14)2)12-8-4-5-9-13(12)18(3)15(16)19;2*1-2/h4-5,8-9,14H,6-7,10-11H2,1-3H3;2*1-2H3. The summed E-state index contributed by atoms with van der Waals surface area (Å²) in [5.41, 5.74) is 1.88. The molecule has 0 spiro atoms. The van der Waals surface area contributed by atoms with E-state index in [4.69, 9.17) is 0 Å². The maximum atomic E-state index is 12.8. The molecule has 3 heteroatoms. The third-order valence-corrected chi connectivity index (χ3v) is 5.01. The zero-order valence-corrected chi connectivity index (χ0v) is 16.0. The van der Waals surface area contributed by atoms with Crippen LogP contribution in [0.1, 0.15) is 59.4 Å². The zero-order chi connectivity index (χ0) is 17.6. The number of carbonyl (C=O) groups is 1. The highest BCUT2D eigenvalue weighted by atomic mass is 16.2. The number of likely N-dealkylation sites (N-methyl/N-ethyl adjacent to an activating group) is 2. The number of carbonyl (C=O) groups excluding carboxylic acids is 1. The number of piperidine rings is 1. The molecule has 3 nitrogen and oxygen atoms in total. The van der Waals surface area contributed by atoms with E-state index >= 15 is 0 Å². The minimum Gasteiger partial charge on any atom is -0.314 e. The molecule has 0 bridgehead atoms. The molecular formula is C20H34N2O. The molecule has 1 amide bonds. The summed E-state index contributed by atoms with van der Waals surface area (Å²) in [6.07, 6.45) is 3.58. The van der Waals surface area contributed by atoms with E-state index in [1.807, 2.05) is 51.8 Å².